The number of rotatable bonds is 2. The Hall–Kier alpha value is -1.80. The van der Waals surface area contributed by atoms with Gasteiger partial charge in [-0.05, 0) is 87.9 Å². The first-order chi connectivity index (χ1) is 12.5. The zero-order valence-corrected chi connectivity index (χ0v) is 17.8. The topological polar surface area (TPSA) is 34.5 Å². The van der Waals surface area contributed by atoms with Crippen molar-refractivity contribution < 1.29 is 9.53 Å². The van der Waals surface area contributed by atoms with Crippen molar-refractivity contribution in [3.8, 4) is 11.4 Å². The summed E-state index contributed by atoms with van der Waals surface area (Å²) in [6.45, 7) is 2.49. The number of amides is 1. The van der Waals surface area contributed by atoms with Crippen molar-refractivity contribution in [3.63, 3.8) is 0 Å². The molecule has 6 heteroatoms. The molecule has 2 aromatic carbocycles. The molecule has 1 aliphatic heterocycles. The Balaban J connectivity index is 1.77. The molecule has 0 radical (unpaired) electrons. The predicted octanol–water partition coefficient (Wildman–Crippen LogP) is 5.27. The number of fused-ring (bicyclic) bond motifs is 1. The zero-order chi connectivity index (χ0) is 18.3. The lowest BCUT2D eigenvalue weighted by molar-refractivity contribution is 0.0954. The van der Waals surface area contributed by atoms with E-state index in [0.29, 0.717) is 18.0 Å². The quantitative estimate of drug-likeness (QED) is 0.429. The van der Waals surface area contributed by atoms with E-state index >= 15 is 0 Å². The molecule has 0 aliphatic carbocycles. The SMILES string of the molecule is CC1CN(C(=O)c2cccn2-c2cccc(I)c2)c2cccc(Br)c2O1. The van der Waals surface area contributed by atoms with Crippen LogP contribution in [-0.4, -0.2) is 23.1 Å². The number of carbonyl (C=O) groups is 1. The standard InChI is InChI=1S/C20H16BrIN2O2/c1-13-12-24(17-8-3-7-16(21)19(17)26-13)20(25)18-9-4-10-23(18)15-6-2-5-14(22)11-15/h2-11,13H,12H2,1H3. The number of para-hydroxylation sites is 1. The number of nitrogens with zero attached hydrogens (tertiary/aromatic N) is 2. The highest BCUT2D eigenvalue weighted by atomic mass is 127. The van der Waals surface area contributed by atoms with Gasteiger partial charge in [0.05, 0.1) is 16.7 Å². The van der Waals surface area contributed by atoms with Crippen LogP contribution in [0, 0.1) is 3.57 Å². The smallest absolute Gasteiger partial charge is 0.275 e. The molecule has 0 N–H and O–H groups in total. The molecule has 0 fully saturated rings. The maximum atomic E-state index is 13.4. The Morgan fingerprint density at radius 1 is 1.19 bits per heavy atom. The van der Waals surface area contributed by atoms with Crippen LogP contribution in [0.15, 0.2) is 65.3 Å². The van der Waals surface area contributed by atoms with E-state index in [1.165, 1.54) is 0 Å². The van der Waals surface area contributed by atoms with E-state index in [-0.39, 0.29) is 12.0 Å². The number of carbonyl (C=O) groups excluding carboxylic acids is 1. The van der Waals surface area contributed by atoms with E-state index in [0.717, 1.165) is 19.4 Å². The summed E-state index contributed by atoms with van der Waals surface area (Å²) < 4.78 is 9.86. The van der Waals surface area contributed by atoms with Gasteiger partial charge in [0.1, 0.15) is 11.8 Å². The fourth-order valence-electron chi connectivity index (χ4n) is 3.16. The predicted molar refractivity (Wildman–Crippen MR) is 114 cm³/mol. The van der Waals surface area contributed by atoms with E-state index in [9.17, 15) is 4.79 Å². The number of halogens is 2. The third kappa shape index (κ3) is 3.16. The third-order valence-electron chi connectivity index (χ3n) is 4.30. The summed E-state index contributed by atoms with van der Waals surface area (Å²) >= 11 is 5.80. The van der Waals surface area contributed by atoms with Crippen LogP contribution in [0.5, 0.6) is 5.75 Å². The summed E-state index contributed by atoms with van der Waals surface area (Å²) in [5.41, 5.74) is 2.39. The van der Waals surface area contributed by atoms with Crippen molar-refractivity contribution in [3.05, 3.63) is 74.5 Å². The Bertz CT molecular complexity index is 985. The van der Waals surface area contributed by atoms with Gasteiger partial charge < -0.3 is 9.30 Å². The second kappa shape index (κ2) is 7.08. The minimum absolute atomic E-state index is 0.0386. The number of benzene rings is 2. The highest BCUT2D eigenvalue weighted by Crippen LogP contribution is 2.40. The van der Waals surface area contributed by atoms with Crippen molar-refractivity contribution in [2.75, 3.05) is 11.4 Å². The molecule has 2 heterocycles. The van der Waals surface area contributed by atoms with Gasteiger partial charge in [-0.15, -0.1) is 0 Å². The fraction of sp³-hybridized carbons (Fsp3) is 0.150. The monoisotopic (exact) mass is 522 g/mol. The maximum Gasteiger partial charge on any atom is 0.275 e. The summed E-state index contributed by atoms with van der Waals surface area (Å²) in [5.74, 6) is 0.676. The first kappa shape index (κ1) is 17.6. The zero-order valence-electron chi connectivity index (χ0n) is 14.0. The fourth-order valence-corrected chi connectivity index (χ4v) is 4.13. The molecule has 1 aliphatic rings. The maximum absolute atomic E-state index is 13.4. The Kier molecular flexibility index (Phi) is 4.79. The van der Waals surface area contributed by atoms with Gasteiger partial charge in [-0.3, -0.25) is 9.69 Å². The summed E-state index contributed by atoms with van der Waals surface area (Å²) in [7, 11) is 0. The van der Waals surface area contributed by atoms with Gasteiger partial charge in [0.15, 0.2) is 5.75 Å². The Labute approximate surface area is 174 Å². The molecule has 0 spiro atoms. The molecule has 132 valence electrons. The second-order valence-corrected chi connectivity index (χ2v) is 8.28. The first-order valence-electron chi connectivity index (χ1n) is 8.25. The van der Waals surface area contributed by atoms with Crippen LogP contribution < -0.4 is 9.64 Å². The van der Waals surface area contributed by atoms with E-state index in [2.05, 4.69) is 44.6 Å². The van der Waals surface area contributed by atoms with Crippen LogP contribution in [0.4, 0.5) is 5.69 Å². The lowest BCUT2D eigenvalue weighted by Crippen LogP contribution is -2.43. The third-order valence-corrected chi connectivity index (χ3v) is 5.59. The van der Waals surface area contributed by atoms with E-state index < -0.39 is 0 Å². The average molecular weight is 523 g/mol. The van der Waals surface area contributed by atoms with Gasteiger partial charge >= 0.3 is 0 Å². The molecule has 3 aromatic rings. The number of hydrogen-bond donors (Lipinski definition) is 0. The van der Waals surface area contributed by atoms with E-state index in [1.807, 2.05) is 66.2 Å². The first-order valence-corrected chi connectivity index (χ1v) is 10.1. The van der Waals surface area contributed by atoms with E-state index in [1.54, 1.807) is 4.90 Å². The largest absolute Gasteiger partial charge is 0.485 e. The molecule has 1 atom stereocenters. The molecular formula is C20H16BrIN2O2. The van der Waals surface area contributed by atoms with Crippen molar-refractivity contribution in [1.82, 2.24) is 4.57 Å². The number of aromatic nitrogens is 1. The van der Waals surface area contributed by atoms with Gasteiger partial charge in [0.25, 0.3) is 5.91 Å². The minimum Gasteiger partial charge on any atom is -0.485 e. The van der Waals surface area contributed by atoms with Gasteiger partial charge in [0.2, 0.25) is 0 Å². The van der Waals surface area contributed by atoms with Crippen LogP contribution in [0.3, 0.4) is 0 Å². The summed E-state index contributed by atoms with van der Waals surface area (Å²) in [5, 5.41) is 0. The molecule has 1 unspecified atom stereocenters. The summed E-state index contributed by atoms with van der Waals surface area (Å²) in [6, 6.07) is 17.6. The molecule has 26 heavy (non-hydrogen) atoms. The van der Waals surface area contributed by atoms with E-state index in [4.69, 9.17) is 4.74 Å². The molecule has 0 saturated heterocycles. The van der Waals surface area contributed by atoms with Crippen LogP contribution in [0.2, 0.25) is 0 Å². The molecule has 4 rings (SSSR count). The molecular weight excluding hydrogens is 507 g/mol. The molecule has 1 amide bonds. The van der Waals surface area contributed by atoms with Gasteiger partial charge in [-0.25, -0.2) is 0 Å². The van der Waals surface area contributed by atoms with Crippen molar-refractivity contribution in [1.29, 1.82) is 0 Å². The van der Waals surface area contributed by atoms with Gasteiger partial charge in [-0.2, -0.15) is 0 Å². The normalized spacial score (nSPS) is 16.1. The van der Waals surface area contributed by atoms with Crippen LogP contribution in [-0.2, 0) is 0 Å². The van der Waals surface area contributed by atoms with Crippen molar-refractivity contribution in [2.45, 2.75) is 13.0 Å². The van der Waals surface area contributed by atoms with Gasteiger partial charge in [-0.1, -0.05) is 12.1 Å². The van der Waals surface area contributed by atoms with Crippen molar-refractivity contribution >= 4 is 50.1 Å². The molecule has 0 saturated carbocycles. The van der Waals surface area contributed by atoms with Crippen LogP contribution >= 0.6 is 38.5 Å². The number of anilines is 1. The van der Waals surface area contributed by atoms with Crippen LogP contribution in [0.1, 0.15) is 17.4 Å². The van der Waals surface area contributed by atoms with Crippen molar-refractivity contribution in [2.24, 2.45) is 0 Å². The number of ether oxygens (including phenoxy) is 1. The summed E-state index contributed by atoms with van der Waals surface area (Å²) in [6.07, 6.45) is 1.84. The minimum atomic E-state index is -0.0776. The molecule has 0 bridgehead atoms. The summed E-state index contributed by atoms with van der Waals surface area (Å²) in [4.78, 5) is 15.2. The second-order valence-electron chi connectivity index (χ2n) is 6.18. The molecule has 4 nitrogen and oxygen atoms in total. The average Bonchev–Trinajstić information content (AvgIpc) is 3.11. The molecule has 1 aromatic heterocycles. The highest BCUT2D eigenvalue weighted by Gasteiger charge is 2.30. The van der Waals surface area contributed by atoms with Crippen LogP contribution in [0.25, 0.3) is 5.69 Å². The number of hydrogen-bond acceptors (Lipinski definition) is 2. The highest BCUT2D eigenvalue weighted by molar-refractivity contribution is 14.1. The lowest BCUT2D eigenvalue weighted by Gasteiger charge is -2.34. The lowest BCUT2D eigenvalue weighted by atomic mass is 10.2. The Morgan fingerprint density at radius 2 is 2.00 bits per heavy atom. The van der Waals surface area contributed by atoms with Gasteiger partial charge in [0, 0.05) is 15.5 Å². The Morgan fingerprint density at radius 3 is 2.81 bits per heavy atom.